The largest absolute Gasteiger partial charge is 0.495 e. The summed E-state index contributed by atoms with van der Waals surface area (Å²) < 4.78 is 10.8. The van der Waals surface area contributed by atoms with E-state index in [2.05, 4.69) is 4.98 Å². The number of aromatic nitrogens is 1. The van der Waals surface area contributed by atoms with Crippen LogP contribution in [0.1, 0.15) is 32.6 Å². The van der Waals surface area contributed by atoms with Gasteiger partial charge in [-0.15, -0.1) is 0 Å². The predicted molar refractivity (Wildman–Crippen MR) is 66.0 cm³/mol. The van der Waals surface area contributed by atoms with E-state index in [0.29, 0.717) is 18.1 Å². The van der Waals surface area contributed by atoms with Crippen LogP contribution in [0.5, 0.6) is 5.75 Å². The lowest BCUT2D eigenvalue weighted by Gasteiger charge is -2.26. The van der Waals surface area contributed by atoms with Crippen LogP contribution in [-0.4, -0.2) is 29.9 Å². The van der Waals surface area contributed by atoms with E-state index in [0.717, 1.165) is 0 Å². The van der Waals surface area contributed by atoms with Gasteiger partial charge in [0.1, 0.15) is 17.5 Å². The van der Waals surface area contributed by atoms with Gasteiger partial charge in [-0.05, 0) is 25.0 Å². The van der Waals surface area contributed by atoms with Gasteiger partial charge in [-0.3, -0.25) is 4.98 Å². The Hall–Kier alpha value is -1.13. The van der Waals surface area contributed by atoms with Gasteiger partial charge in [0.25, 0.3) is 0 Å². The first-order valence-corrected chi connectivity index (χ1v) is 5.90. The van der Waals surface area contributed by atoms with Gasteiger partial charge in [-0.2, -0.15) is 0 Å². The van der Waals surface area contributed by atoms with E-state index in [9.17, 15) is 5.11 Å². The Morgan fingerprint density at radius 3 is 2.65 bits per heavy atom. The normalized spacial score (nSPS) is 14.7. The SMILES string of the molecule is CCOC(C(C)C)C(O)c1ncccc1OC. The first-order valence-electron chi connectivity index (χ1n) is 5.90. The van der Waals surface area contributed by atoms with Crippen molar-refractivity contribution < 1.29 is 14.6 Å². The number of rotatable bonds is 6. The summed E-state index contributed by atoms with van der Waals surface area (Å²) in [5.74, 6) is 0.794. The fourth-order valence-electron chi connectivity index (χ4n) is 1.79. The molecule has 0 aliphatic rings. The van der Waals surface area contributed by atoms with Crippen LogP contribution < -0.4 is 4.74 Å². The quantitative estimate of drug-likeness (QED) is 0.826. The Morgan fingerprint density at radius 2 is 2.12 bits per heavy atom. The van der Waals surface area contributed by atoms with E-state index in [1.165, 1.54) is 0 Å². The van der Waals surface area contributed by atoms with Gasteiger partial charge >= 0.3 is 0 Å². The lowest BCUT2D eigenvalue weighted by atomic mass is 9.98. The molecule has 0 saturated heterocycles. The zero-order valence-electron chi connectivity index (χ0n) is 10.9. The molecule has 1 rings (SSSR count). The average Bonchev–Trinajstić information content (AvgIpc) is 2.34. The van der Waals surface area contributed by atoms with Crippen molar-refractivity contribution in [3.63, 3.8) is 0 Å². The second-order valence-electron chi connectivity index (χ2n) is 4.20. The van der Waals surface area contributed by atoms with Crippen LogP contribution in [0.4, 0.5) is 0 Å². The van der Waals surface area contributed by atoms with E-state index in [-0.39, 0.29) is 12.0 Å². The molecule has 0 radical (unpaired) electrons. The number of methoxy groups -OCH3 is 1. The molecule has 0 bridgehead atoms. The maximum atomic E-state index is 10.3. The topological polar surface area (TPSA) is 51.6 Å². The van der Waals surface area contributed by atoms with Crippen molar-refractivity contribution in [1.82, 2.24) is 4.98 Å². The summed E-state index contributed by atoms with van der Waals surface area (Å²) in [6, 6.07) is 3.56. The monoisotopic (exact) mass is 239 g/mol. The van der Waals surface area contributed by atoms with Gasteiger partial charge in [-0.1, -0.05) is 13.8 Å². The maximum absolute atomic E-state index is 10.3. The first-order chi connectivity index (χ1) is 8.11. The highest BCUT2D eigenvalue weighted by atomic mass is 16.5. The summed E-state index contributed by atoms with van der Waals surface area (Å²) in [4.78, 5) is 4.18. The third-order valence-corrected chi connectivity index (χ3v) is 2.63. The molecule has 96 valence electrons. The van der Waals surface area contributed by atoms with E-state index >= 15 is 0 Å². The summed E-state index contributed by atoms with van der Waals surface area (Å²) >= 11 is 0. The van der Waals surface area contributed by atoms with E-state index in [4.69, 9.17) is 9.47 Å². The molecule has 0 aliphatic heterocycles. The number of aliphatic hydroxyl groups excluding tert-OH is 1. The zero-order chi connectivity index (χ0) is 12.8. The number of ether oxygens (including phenoxy) is 2. The number of pyridine rings is 1. The maximum Gasteiger partial charge on any atom is 0.143 e. The molecule has 0 aliphatic carbocycles. The Morgan fingerprint density at radius 1 is 1.41 bits per heavy atom. The van der Waals surface area contributed by atoms with Gasteiger partial charge in [0, 0.05) is 12.8 Å². The van der Waals surface area contributed by atoms with Crippen molar-refractivity contribution in [2.75, 3.05) is 13.7 Å². The molecule has 17 heavy (non-hydrogen) atoms. The van der Waals surface area contributed by atoms with Crippen molar-refractivity contribution in [1.29, 1.82) is 0 Å². The molecule has 0 spiro atoms. The molecular weight excluding hydrogens is 218 g/mol. The highest BCUT2D eigenvalue weighted by Crippen LogP contribution is 2.29. The minimum Gasteiger partial charge on any atom is -0.495 e. The second-order valence-corrected chi connectivity index (χ2v) is 4.20. The molecule has 1 aromatic rings. The smallest absolute Gasteiger partial charge is 0.143 e. The number of aliphatic hydroxyl groups is 1. The highest BCUT2D eigenvalue weighted by Gasteiger charge is 2.27. The van der Waals surface area contributed by atoms with Crippen LogP contribution in [0, 0.1) is 5.92 Å². The third-order valence-electron chi connectivity index (χ3n) is 2.63. The van der Waals surface area contributed by atoms with E-state index < -0.39 is 6.10 Å². The molecule has 4 nitrogen and oxygen atoms in total. The Labute approximate surface area is 103 Å². The fourth-order valence-corrected chi connectivity index (χ4v) is 1.79. The molecule has 2 unspecified atom stereocenters. The van der Waals surface area contributed by atoms with Gasteiger partial charge in [-0.25, -0.2) is 0 Å². The lowest BCUT2D eigenvalue weighted by molar-refractivity contribution is -0.0609. The van der Waals surface area contributed by atoms with Crippen LogP contribution in [0.15, 0.2) is 18.3 Å². The summed E-state index contributed by atoms with van der Waals surface area (Å²) in [7, 11) is 1.57. The van der Waals surface area contributed by atoms with E-state index in [1.54, 1.807) is 25.4 Å². The third kappa shape index (κ3) is 3.41. The molecule has 1 aromatic heterocycles. The molecule has 4 heteroatoms. The summed E-state index contributed by atoms with van der Waals surface area (Å²) in [6.07, 6.45) is 0.597. The summed E-state index contributed by atoms with van der Waals surface area (Å²) in [6.45, 7) is 6.50. The Balaban J connectivity index is 2.96. The van der Waals surface area contributed by atoms with Gasteiger partial charge in [0.05, 0.1) is 13.2 Å². The van der Waals surface area contributed by atoms with Gasteiger partial charge in [0.15, 0.2) is 0 Å². The van der Waals surface area contributed by atoms with Crippen molar-refractivity contribution in [3.8, 4) is 5.75 Å². The molecule has 2 atom stereocenters. The molecule has 0 amide bonds. The van der Waals surface area contributed by atoms with Gasteiger partial charge < -0.3 is 14.6 Å². The lowest BCUT2D eigenvalue weighted by Crippen LogP contribution is -2.28. The van der Waals surface area contributed by atoms with Gasteiger partial charge in [0.2, 0.25) is 0 Å². The molecule has 1 heterocycles. The first kappa shape index (κ1) is 13.9. The van der Waals surface area contributed by atoms with Crippen LogP contribution in [0.25, 0.3) is 0 Å². The van der Waals surface area contributed by atoms with Crippen LogP contribution in [-0.2, 0) is 4.74 Å². The zero-order valence-corrected chi connectivity index (χ0v) is 10.9. The molecule has 0 aromatic carbocycles. The summed E-state index contributed by atoms with van der Waals surface area (Å²) in [5, 5.41) is 10.3. The van der Waals surface area contributed by atoms with Crippen molar-refractivity contribution in [2.45, 2.75) is 33.0 Å². The van der Waals surface area contributed by atoms with Crippen LogP contribution in [0.2, 0.25) is 0 Å². The number of hydrogen-bond donors (Lipinski definition) is 1. The number of nitrogens with zero attached hydrogens (tertiary/aromatic N) is 1. The minimum atomic E-state index is -0.772. The standard InChI is InChI=1S/C13H21NO3/c1-5-17-13(9(2)3)12(15)11-10(16-4)7-6-8-14-11/h6-9,12-13,15H,5H2,1-4H3. The van der Waals surface area contributed by atoms with Crippen LogP contribution >= 0.6 is 0 Å². The molecular formula is C13H21NO3. The van der Waals surface area contributed by atoms with Crippen molar-refractivity contribution >= 4 is 0 Å². The Bertz CT molecular complexity index is 341. The fraction of sp³-hybridized carbons (Fsp3) is 0.615. The molecule has 1 N–H and O–H groups in total. The minimum absolute atomic E-state index is 0.205. The molecule has 0 fully saturated rings. The van der Waals surface area contributed by atoms with Crippen molar-refractivity contribution in [3.05, 3.63) is 24.0 Å². The number of hydrogen-bond acceptors (Lipinski definition) is 4. The second kappa shape index (κ2) is 6.57. The van der Waals surface area contributed by atoms with Crippen molar-refractivity contribution in [2.24, 2.45) is 5.92 Å². The van der Waals surface area contributed by atoms with E-state index in [1.807, 2.05) is 20.8 Å². The average molecular weight is 239 g/mol. The predicted octanol–water partition coefficient (Wildman–Crippen LogP) is 2.18. The summed E-state index contributed by atoms with van der Waals surface area (Å²) in [5.41, 5.74) is 0.530. The van der Waals surface area contributed by atoms with Crippen LogP contribution in [0.3, 0.4) is 0 Å². The molecule has 0 saturated carbocycles. The Kier molecular flexibility index (Phi) is 5.38. The highest BCUT2D eigenvalue weighted by molar-refractivity contribution is 5.29.